The molecule has 2 aliphatic heterocycles. The zero-order valence-corrected chi connectivity index (χ0v) is 29.8. The number of hydrogen-bond donors (Lipinski definition) is 1. The monoisotopic (exact) mass is 758 g/mol. The van der Waals surface area contributed by atoms with Gasteiger partial charge in [-0.2, -0.15) is 0 Å². The number of ketones is 1. The van der Waals surface area contributed by atoms with Crippen molar-refractivity contribution < 1.29 is 33.5 Å². The number of fused-ring (bicyclic) bond motifs is 5. The zero-order chi connectivity index (χ0) is 37.7. The number of imide groups is 2. The number of amides is 4. The van der Waals surface area contributed by atoms with Crippen LogP contribution in [0.15, 0.2) is 127 Å². The van der Waals surface area contributed by atoms with Gasteiger partial charge in [-0.1, -0.05) is 78.4 Å². The Kier molecular flexibility index (Phi) is 7.71. The number of alkyl halides is 2. The Bertz CT molecular complexity index is 2490. The van der Waals surface area contributed by atoms with Gasteiger partial charge in [0.15, 0.2) is 15.5 Å². The number of carbonyl (C=O) groups excluding carboxylic acids is 5. The largest absolute Gasteiger partial charge is 0.507 e. The number of phenolic OH excluding ortho intramolecular Hbond substituents is 1. The van der Waals surface area contributed by atoms with Crippen molar-refractivity contribution in [3.8, 4) is 5.75 Å². The summed E-state index contributed by atoms with van der Waals surface area (Å²) in [5.74, 6) is -7.46. The first kappa shape index (κ1) is 34.1. The number of nitrogens with zero attached hydrogens (tertiary/aromatic N) is 2. The van der Waals surface area contributed by atoms with Crippen LogP contribution >= 0.6 is 23.2 Å². The predicted molar refractivity (Wildman–Crippen MR) is 201 cm³/mol. The smallest absolute Gasteiger partial charge is 0.258 e. The molecular formula is C43H29Cl2FN2O6. The lowest BCUT2D eigenvalue weighted by Gasteiger charge is -2.50. The van der Waals surface area contributed by atoms with Crippen molar-refractivity contribution in [1.82, 2.24) is 0 Å². The molecule has 2 heterocycles. The molecular weight excluding hydrogens is 730 g/mol. The van der Waals surface area contributed by atoms with E-state index in [0.29, 0.717) is 22.1 Å². The molecule has 1 N–H and O–H groups in total. The SMILES string of the molecule is O=C(c1ccccc1)c1ccc(N2C(=O)[C@H]3[C@H](CC=C4[C@H]3C[C@@]3(Cl)C(=O)N(c5ccc(F)cc5)C(=O)[C@@]3(Cl)[C@H]4c3ccc4ccccc4c3O)C2=O)cc1. The van der Waals surface area contributed by atoms with Gasteiger partial charge in [0.2, 0.25) is 11.8 Å². The lowest BCUT2D eigenvalue weighted by Crippen LogP contribution is -2.60. The number of phenols is 1. The maximum Gasteiger partial charge on any atom is 0.258 e. The molecule has 0 aromatic heterocycles. The first-order valence-corrected chi connectivity index (χ1v) is 18.2. The first-order chi connectivity index (χ1) is 26.0. The van der Waals surface area contributed by atoms with Crippen LogP contribution in [0.4, 0.5) is 15.8 Å². The molecule has 2 aliphatic carbocycles. The third-order valence-electron chi connectivity index (χ3n) is 11.6. The Morgan fingerprint density at radius 1 is 0.704 bits per heavy atom. The highest BCUT2D eigenvalue weighted by Crippen LogP contribution is 2.66. The Balaban J connectivity index is 1.15. The number of anilines is 2. The molecule has 0 spiro atoms. The number of allylic oxidation sites excluding steroid dienone is 2. The third kappa shape index (κ3) is 4.64. The Morgan fingerprint density at radius 2 is 1.33 bits per heavy atom. The van der Waals surface area contributed by atoms with Crippen molar-refractivity contribution in [2.75, 3.05) is 9.80 Å². The van der Waals surface area contributed by atoms with Crippen LogP contribution in [-0.2, 0) is 19.2 Å². The minimum atomic E-state index is -2.19. The topological polar surface area (TPSA) is 112 Å². The average Bonchev–Trinajstić information content (AvgIpc) is 3.53. The second-order valence-corrected chi connectivity index (χ2v) is 15.5. The predicted octanol–water partition coefficient (Wildman–Crippen LogP) is 7.68. The van der Waals surface area contributed by atoms with Gasteiger partial charge in [-0.3, -0.25) is 28.9 Å². The van der Waals surface area contributed by atoms with Crippen LogP contribution in [0.5, 0.6) is 5.75 Å². The van der Waals surface area contributed by atoms with E-state index >= 15 is 0 Å². The van der Waals surface area contributed by atoms with E-state index in [1.165, 1.54) is 12.1 Å². The van der Waals surface area contributed by atoms with E-state index < -0.39 is 62.9 Å². The molecule has 6 atom stereocenters. The maximum absolute atomic E-state index is 14.7. The maximum atomic E-state index is 14.7. The minimum absolute atomic E-state index is 0.0599. The number of rotatable bonds is 5. The van der Waals surface area contributed by atoms with E-state index in [9.17, 15) is 33.5 Å². The van der Waals surface area contributed by atoms with Gasteiger partial charge in [-0.05, 0) is 72.7 Å². The number of carbonyl (C=O) groups is 5. The van der Waals surface area contributed by atoms with Gasteiger partial charge in [-0.25, -0.2) is 9.29 Å². The van der Waals surface area contributed by atoms with Gasteiger partial charge in [-0.15, -0.1) is 23.2 Å². The summed E-state index contributed by atoms with van der Waals surface area (Å²) in [6, 6.07) is 30.3. The van der Waals surface area contributed by atoms with Crippen LogP contribution in [0.1, 0.15) is 40.2 Å². The van der Waals surface area contributed by atoms with E-state index in [1.807, 2.05) is 18.2 Å². The van der Waals surface area contributed by atoms with Crippen molar-refractivity contribution in [3.63, 3.8) is 0 Å². The fraction of sp³-hybridized carbons (Fsp3) is 0.186. The highest BCUT2D eigenvalue weighted by molar-refractivity contribution is 6.58. The molecule has 0 unspecified atom stereocenters. The van der Waals surface area contributed by atoms with E-state index in [-0.39, 0.29) is 41.3 Å². The van der Waals surface area contributed by atoms with Gasteiger partial charge >= 0.3 is 0 Å². The molecule has 9 rings (SSSR count). The van der Waals surface area contributed by atoms with Crippen LogP contribution < -0.4 is 9.80 Å². The number of aromatic hydroxyl groups is 1. The van der Waals surface area contributed by atoms with E-state index in [2.05, 4.69) is 0 Å². The van der Waals surface area contributed by atoms with Crippen molar-refractivity contribution in [1.29, 1.82) is 0 Å². The Morgan fingerprint density at radius 3 is 2.06 bits per heavy atom. The number of halogens is 3. The van der Waals surface area contributed by atoms with Gasteiger partial charge in [0, 0.05) is 28.0 Å². The summed E-state index contributed by atoms with van der Waals surface area (Å²) in [4.78, 5) is 68.6. The summed E-state index contributed by atoms with van der Waals surface area (Å²) in [5, 5.41) is 13.0. The third-order valence-corrected chi connectivity index (χ3v) is 13.0. The van der Waals surface area contributed by atoms with E-state index in [0.717, 1.165) is 27.3 Å². The lowest BCUT2D eigenvalue weighted by atomic mass is 9.56. The molecule has 5 aromatic rings. The quantitative estimate of drug-likeness (QED) is 0.0852. The number of benzene rings is 5. The summed E-state index contributed by atoms with van der Waals surface area (Å²) in [7, 11) is 0. The second kappa shape index (κ2) is 12.2. The van der Waals surface area contributed by atoms with Crippen LogP contribution in [0.25, 0.3) is 10.8 Å². The molecule has 0 radical (unpaired) electrons. The summed E-state index contributed by atoms with van der Waals surface area (Å²) >= 11 is 15.0. The molecule has 4 amide bonds. The summed E-state index contributed by atoms with van der Waals surface area (Å²) in [6.45, 7) is 0. The molecule has 8 nitrogen and oxygen atoms in total. The molecule has 54 heavy (non-hydrogen) atoms. The zero-order valence-electron chi connectivity index (χ0n) is 28.3. The van der Waals surface area contributed by atoms with Crippen LogP contribution in [0.2, 0.25) is 0 Å². The van der Waals surface area contributed by atoms with E-state index in [1.54, 1.807) is 78.9 Å². The molecule has 5 aromatic carbocycles. The lowest BCUT2D eigenvalue weighted by molar-refractivity contribution is -0.125. The molecule has 268 valence electrons. The van der Waals surface area contributed by atoms with Gasteiger partial charge in [0.05, 0.1) is 23.2 Å². The molecule has 3 fully saturated rings. The second-order valence-electron chi connectivity index (χ2n) is 14.2. The molecule has 0 bridgehead atoms. The summed E-state index contributed by atoms with van der Waals surface area (Å²) in [6.07, 6.45) is 1.65. The van der Waals surface area contributed by atoms with Crippen LogP contribution in [0, 0.1) is 23.6 Å². The summed E-state index contributed by atoms with van der Waals surface area (Å²) < 4.78 is 14.0. The van der Waals surface area contributed by atoms with Gasteiger partial charge < -0.3 is 5.11 Å². The Labute approximate surface area is 318 Å². The van der Waals surface area contributed by atoms with Gasteiger partial charge in [0.25, 0.3) is 11.8 Å². The van der Waals surface area contributed by atoms with E-state index in [4.69, 9.17) is 23.2 Å². The van der Waals surface area contributed by atoms with Gasteiger partial charge in [0.1, 0.15) is 11.6 Å². The molecule has 1 saturated carbocycles. The average molecular weight is 760 g/mol. The molecule has 11 heteroatoms. The first-order valence-electron chi connectivity index (χ1n) is 17.5. The van der Waals surface area contributed by atoms with Crippen LogP contribution in [-0.4, -0.2) is 44.3 Å². The fourth-order valence-corrected chi connectivity index (χ4v) is 9.95. The standard InChI is InChI=1S/C43H29Cl2FN2O6/c44-42-22-33-30(20-21-31-34(33)39(52)47(38(31)51)27-15-10-25(11-16-27)36(49)24-7-2-1-3-8-24)35(32-19-12-23-6-4-5-9-29(23)37(32)50)43(42,45)41(54)48(40(42)53)28-17-13-26(46)14-18-28/h1-20,31,33-35,50H,21-22H2/t31-,33+,34-,35+,42+,43-/m0/s1. The van der Waals surface area contributed by atoms with Crippen molar-refractivity contribution >= 4 is 74.8 Å². The molecule has 4 aliphatic rings. The number of hydrogen-bond acceptors (Lipinski definition) is 6. The molecule has 2 saturated heterocycles. The van der Waals surface area contributed by atoms with Crippen LogP contribution in [0.3, 0.4) is 0 Å². The van der Waals surface area contributed by atoms with Crippen molar-refractivity contribution in [3.05, 3.63) is 149 Å². The van der Waals surface area contributed by atoms with Crippen molar-refractivity contribution in [2.24, 2.45) is 17.8 Å². The fourth-order valence-electron chi connectivity index (χ4n) is 9.02. The minimum Gasteiger partial charge on any atom is -0.507 e. The highest BCUT2D eigenvalue weighted by Gasteiger charge is 2.77. The Hall–Kier alpha value is -5.64. The summed E-state index contributed by atoms with van der Waals surface area (Å²) in [5.41, 5.74) is 1.97. The van der Waals surface area contributed by atoms with Crippen molar-refractivity contribution in [2.45, 2.75) is 28.5 Å². The highest BCUT2D eigenvalue weighted by atomic mass is 35.5. The normalized spacial score (nSPS) is 27.5.